The van der Waals surface area contributed by atoms with Crippen LogP contribution >= 0.6 is 0 Å². The van der Waals surface area contributed by atoms with Gasteiger partial charge in [0.25, 0.3) is 0 Å². The van der Waals surface area contributed by atoms with Gasteiger partial charge in [0.2, 0.25) is 0 Å². The fourth-order valence-electron chi connectivity index (χ4n) is 11.7. The van der Waals surface area contributed by atoms with E-state index in [1.54, 1.807) is 0 Å². The van der Waals surface area contributed by atoms with Gasteiger partial charge < -0.3 is 4.42 Å². The van der Waals surface area contributed by atoms with Crippen LogP contribution in [0.1, 0.15) is 0 Å². The molecule has 0 spiro atoms. The normalized spacial score (nSPS) is 12.4. The Morgan fingerprint density at radius 3 is 1.56 bits per heavy atom. The van der Waals surface area contributed by atoms with Crippen molar-refractivity contribution >= 4 is 119 Å². The van der Waals surface area contributed by atoms with Crippen LogP contribution in [0.25, 0.3) is 152 Å². The van der Waals surface area contributed by atoms with E-state index in [-0.39, 0.29) is 0 Å². The van der Waals surface area contributed by atoms with E-state index in [0.717, 1.165) is 21.9 Å². The number of rotatable bonds is 3. The van der Waals surface area contributed by atoms with Gasteiger partial charge in [0.05, 0.1) is 0 Å². The van der Waals surface area contributed by atoms with Crippen molar-refractivity contribution < 1.29 is 4.42 Å². The third kappa shape index (κ3) is 4.40. The number of fused-ring (bicyclic) bond motifs is 15. The molecule has 1 aromatic heterocycles. The van der Waals surface area contributed by atoms with Crippen LogP contribution in [0.5, 0.6) is 0 Å². The predicted molar refractivity (Wildman–Crippen MR) is 270 cm³/mol. The fourth-order valence-corrected chi connectivity index (χ4v) is 11.7. The molecule has 0 saturated heterocycles. The van der Waals surface area contributed by atoms with E-state index in [1.165, 1.54) is 130 Å². The zero-order valence-corrected chi connectivity index (χ0v) is 34.0. The van der Waals surface area contributed by atoms with Gasteiger partial charge in [0.15, 0.2) is 0 Å². The lowest BCUT2D eigenvalue weighted by atomic mass is 9.84. The summed E-state index contributed by atoms with van der Waals surface area (Å²) in [6.07, 6.45) is 0. The second-order valence-corrected chi connectivity index (χ2v) is 17.4. The number of hydrogen-bond donors (Lipinski definition) is 0. The summed E-state index contributed by atoms with van der Waals surface area (Å²) in [5.74, 6) is 0. The highest BCUT2D eigenvalue weighted by atomic mass is 16.3. The lowest BCUT2D eigenvalue weighted by Gasteiger charge is -2.19. The minimum Gasteiger partial charge on any atom is -0.456 e. The average Bonchev–Trinajstić information content (AvgIpc) is 4.00. The van der Waals surface area contributed by atoms with Gasteiger partial charge in [-0.1, -0.05) is 170 Å². The first-order valence-electron chi connectivity index (χ1n) is 21.9. The van der Waals surface area contributed by atoms with Crippen LogP contribution < -0.4 is 0 Å². The average molecular weight is 795 g/mol. The van der Waals surface area contributed by atoms with Crippen molar-refractivity contribution in [3.05, 3.63) is 206 Å². The van der Waals surface area contributed by atoms with Crippen LogP contribution in [0, 0.1) is 0 Å². The Kier molecular flexibility index (Phi) is 6.47. The van der Waals surface area contributed by atoms with E-state index in [2.05, 4.69) is 194 Å². The molecule has 15 rings (SSSR count). The molecular weight excluding hydrogens is 761 g/mol. The Hall–Kier alpha value is -8.26. The summed E-state index contributed by atoms with van der Waals surface area (Å²) in [7, 11) is 0. The van der Waals surface area contributed by atoms with Gasteiger partial charge in [-0.15, -0.1) is 0 Å². The van der Waals surface area contributed by atoms with Crippen LogP contribution in [-0.2, 0) is 0 Å². The van der Waals surface area contributed by atoms with Gasteiger partial charge >= 0.3 is 0 Å². The maximum Gasteiger partial charge on any atom is 0.135 e. The lowest BCUT2D eigenvalue weighted by Crippen LogP contribution is -1.91. The van der Waals surface area contributed by atoms with Crippen molar-refractivity contribution in [2.75, 3.05) is 0 Å². The standard InChI is InChI=1S/C62H34O/c1-3-13-35(14-4-1)56-52-34-50-43-18-8-7-17-42(43)45-20-11-22-47(58(45)50)60(52)57(36-15-5-2-6-16-36)61-48-23-12-21-46-55-40(33-51(59(46)48)62(56)61)26-25-39-31-37(27-29-41(39)55)38-28-30-54-49(32-38)44-19-9-10-24-53(44)63-54/h1-34H. The number of hydrogen-bond acceptors (Lipinski definition) is 1. The highest BCUT2D eigenvalue weighted by Crippen LogP contribution is 2.55. The molecule has 14 aromatic carbocycles. The Balaban J connectivity index is 1.10. The van der Waals surface area contributed by atoms with E-state index >= 15 is 0 Å². The zero-order chi connectivity index (χ0) is 40.9. The van der Waals surface area contributed by atoms with E-state index < -0.39 is 0 Å². The molecule has 0 saturated carbocycles. The first-order chi connectivity index (χ1) is 31.3. The number of para-hydroxylation sites is 1. The minimum atomic E-state index is 0.919. The van der Waals surface area contributed by atoms with Gasteiger partial charge in [-0.2, -0.15) is 0 Å². The molecule has 0 fully saturated rings. The van der Waals surface area contributed by atoms with Crippen LogP contribution in [0.15, 0.2) is 211 Å². The molecular formula is C62H34O. The molecule has 0 aliphatic heterocycles. The largest absolute Gasteiger partial charge is 0.456 e. The second kappa shape index (κ2) is 12.2. The quantitative estimate of drug-likeness (QED) is 0.162. The lowest BCUT2D eigenvalue weighted by molar-refractivity contribution is 0.669. The van der Waals surface area contributed by atoms with Gasteiger partial charge in [-0.25, -0.2) is 0 Å². The molecule has 0 aliphatic rings. The molecule has 1 heterocycles. The van der Waals surface area contributed by atoms with Crippen molar-refractivity contribution in [3.63, 3.8) is 0 Å². The predicted octanol–water partition coefficient (Wildman–Crippen LogP) is 17.8. The topological polar surface area (TPSA) is 13.1 Å². The molecule has 0 bridgehead atoms. The van der Waals surface area contributed by atoms with Crippen molar-refractivity contribution in [3.8, 4) is 33.4 Å². The van der Waals surface area contributed by atoms with E-state index in [4.69, 9.17) is 4.42 Å². The number of benzene rings is 12. The van der Waals surface area contributed by atoms with E-state index in [0.29, 0.717) is 0 Å². The molecule has 0 unspecified atom stereocenters. The van der Waals surface area contributed by atoms with Crippen molar-refractivity contribution in [1.29, 1.82) is 0 Å². The molecule has 1 nitrogen and oxygen atoms in total. The summed E-state index contributed by atoms with van der Waals surface area (Å²) >= 11 is 0. The van der Waals surface area contributed by atoms with Gasteiger partial charge in [0.1, 0.15) is 11.2 Å². The van der Waals surface area contributed by atoms with Crippen LogP contribution in [0.4, 0.5) is 0 Å². The summed E-state index contributed by atoms with van der Waals surface area (Å²) in [6.45, 7) is 0. The molecule has 63 heavy (non-hydrogen) atoms. The Labute approximate surface area is 361 Å². The monoisotopic (exact) mass is 794 g/mol. The molecule has 0 atom stereocenters. The van der Waals surface area contributed by atoms with Gasteiger partial charge in [-0.05, 0) is 167 Å². The zero-order valence-electron chi connectivity index (χ0n) is 34.0. The van der Waals surface area contributed by atoms with Crippen LogP contribution in [0.2, 0.25) is 0 Å². The molecule has 288 valence electrons. The Bertz CT molecular complexity index is 4400. The summed E-state index contributed by atoms with van der Waals surface area (Å²) < 4.78 is 6.18. The fraction of sp³-hybridized carbons (Fsp3) is 0. The summed E-state index contributed by atoms with van der Waals surface area (Å²) in [6, 6.07) is 76.9. The highest BCUT2D eigenvalue weighted by Gasteiger charge is 2.27. The van der Waals surface area contributed by atoms with Crippen molar-refractivity contribution in [1.82, 2.24) is 0 Å². The SMILES string of the molecule is c1ccc(-c2c3cc4c5ccccc5c5cccc(c3c(-c3ccccc3)c3c6cccc7c8c(ccc9cc(-c%10ccc%11oc%12ccccc%12c%11c%10)ccc98)cc(c23)c67)c54)cc1. The molecule has 0 aliphatic carbocycles. The van der Waals surface area contributed by atoms with Gasteiger partial charge in [-0.3, -0.25) is 0 Å². The summed E-state index contributed by atoms with van der Waals surface area (Å²) in [5.41, 5.74) is 9.32. The molecule has 0 N–H and O–H groups in total. The highest BCUT2D eigenvalue weighted by molar-refractivity contribution is 6.46. The smallest absolute Gasteiger partial charge is 0.135 e. The van der Waals surface area contributed by atoms with Crippen molar-refractivity contribution in [2.45, 2.75) is 0 Å². The second-order valence-electron chi connectivity index (χ2n) is 17.4. The third-order valence-electron chi connectivity index (χ3n) is 14.3. The first-order valence-corrected chi connectivity index (χ1v) is 21.9. The van der Waals surface area contributed by atoms with E-state index in [1.807, 2.05) is 12.1 Å². The van der Waals surface area contributed by atoms with Crippen LogP contribution in [0.3, 0.4) is 0 Å². The number of furan rings is 1. The van der Waals surface area contributed by atoms with Crippen LogP contribution in [-0.4, -0.2) is 0 Å². The maximum absolute atomic E-state index is 6.18. The van der Waals surface area contributed by atoms with Gasteiger partial charge in [0, 0.05) is 10.8 Å². The van der Waals surface area contributed by atoms with Crippen molar-refractivity contribution in [2.24, 2.45) is 0 Å². The maximum atomic E-state index is 6.18. The Morgan fingerprint density at radius 1 is 0.206 bits per heavy atom. The molecule has 0 radical (unpaired) electrons. The third-order valence-corrected chi connectivity index (χ3v) is 14.3. The molecule has 15 aromatic rings. The Morgan fingerprint density at radius 2 is 0.762 bits per heavy atom. The summed E-state index contributed by atoms with van der Waals surface area (Å²) in [5, 5.41) is 25.8. The molecule has 0 amide bonds. The first kappa shape index (κ1) is 33.5. The summed E-state index contributed by atoms with van der Waals surface area (Å²) in [4.78, 5) is 0. The molecule has 1 heteroatoms. The van der Waals surface area contributed by atoms with E-state index in [9.17, 15) is 0 Å². The minimum absolute atomic E-state index is 0.919.